The summed E-state index contributed by atoms with van der Waals surface area (Å²) >= 11 is 0. The number of aliphatic imine (C=N–C) groups is 1. The number of ether oxygens (including phenoxy) is 1. The number of benzene rings is 1. The van der Waals surface area contributed by atoms with Gasteiger partial charge in [0.05, 0.1) is 7.98 Å². The predicted molar refractivity (Wildman–Crippen MR) is 77.7 cm³/mol. The van der Waals surface area contributed by atoms with E-state index < -0.39 is 37.3 Å². The van der Waals surface area contributed by atoms with E-state index in [1.165, 1.54) is 6.08 Å². The summed E-state index contributed by atoms with van der Waals surface area (Å²) in [5.74, 6) is 0. The average molecular weight is 294 g/mol. The van der Waals surface area contributed by atoms with Crippen LogP contribution in [0.25, 0.3) is 6.08 Å². The van der Waals surface area contributed by atoms with E-state index in [1.807, 2.05) is 30.3 Å². The first-order valence-corrected chi connectivity index (χ1v) is 6.61. The minimum Gasteiger partial charge on any atom is -0.394 e. The van der Waals surface area contributed by atoms with Gasteiger partial charge in [-0.05, 0) is 11.6 Å². The monoisotopic (exact) mass is 294 g/mol. The van der Waals surface area contributed by atoms with E-state index in [9.17, 15) is 15.3 Å². The third-order valence-corrected chi connectivity index (χ3v) is 3.24. The van der Waals surface area contributed by atoms with Crippen LogP contribution in [0.5, 0.6) is 0 Å². The molecule has 1 aliphatic heterocycles. The van der Waals surface area contributed by atoms with Gasteiger partial charge in [-0.3, -0.25) is 4.99 Å². The quantitative estimate of drug-likeness (QED) is 0.564. The Balaban J connectivity index is 2.08. The molecule has 6 heteroatoms. The summed E-state index contributed by atoms with van der Waals surface area (Å²) in [6, 6.07) is 8.10. The molecule has 1 fully saturated rings. The van der Waals surface area contributed by atoms with Crippen LogP contribution in [0.4, 0.5) is 0 Å². The summed E-state index contributed by atoms with van der Waals surface area (Å²) in [7, 11) is 0. The molecule has 0 spiro atoms. The van der Waals surface area contributed by atoms with Crippen molar-refractivity contribution in [3.05, 3.63) is 42.0 Å². The lowest BCUT2D eigenvalue weighted by atomic mass is 9.97. The molecule has 1 aromatic carbocycles. The van der Waals surface area contributed by atoms with Crippen LogP contribution in [0.1, 0.15) is 6.93 Å². The third-order valence-electron chi connectivity index (χ3n) is 3.24. The number of aliphatic hydroxyl groups is 4. The van der Waals surface area contributed by atoms with Gasteiger partial charge in [-0.2, -0.15) is 0 Å². The van der Waals surface area contributed by atoms with Gasteiger partial charge in [0, 0.05) is 6.19 Å². The Labute approximate surface area is 124 Å². The van der Waals surface area contributed by atoms with Gasteiger partial charge >= 0.3 is 0 Å². The van der Waals surface area contributed by atoms with Gasteiger partial charge in [0.15, 0.2) is 6.29 Å². The lowest BCUT2D eigenvalue weighted by Crippen LogP contribution is -2.57. The number of aliphatic hydroxyl groups excluding tert-OH is 4. The zero-order valence-corrected chi connectivity index (χ0v) is 11.3. The molecule has 0 bridgehead atoms. The fourth-order valence-electron chi connectivity index (χ4n) is 2.05. The highest BCUT2D eigenvalue weighted by molar-refractivity contribution is 5.78. The molecule has 2 rings (SSSR count). The zero-order valence-electron chi connectivity index (χ0n) is 12.3. The summed E-state index contributed by atoms with van der Waals surface area (Å²) in [4.78, 5) is 3.86. The lowest BCUT2D eigenvalue weighted by molar-refractivity contribution is -0.248. The summed E-state index contributed by atoms with van der Waals surface area (Å²) in [5, 5.41) is 38.4. The van der Waals surface area contributed by atoms with E-state index in [1.54, 1.807) is 6.08 Å². The van der Waals surface area contributed by atoms with Crippen molar-refractivity contribution in [2.75, 3.05) is 6.61 Å². The van der Waals surface area contributed by atoms with Crippen LogP contribution in [0.3, 0.4) is 0 Å². The maximum Gasteiger partial charge on any atom is 0.180 e. The number of hydrogen-bond acceptors (Lipinski definition) is 6. The van der Waals surface area contributed by atoms with Crippen molar-refractivity contribution in [2.24, 2.45) is 4.99 Å². The topological polar surface area (TPSA) is 103 Å². The molecule has 1 aliphatic rings. The van der Waals surface area contributed by atoms with Gasteiger partial charge in [0.1, 0.15) is 24.4 Å². The van der Waals surface area contributed by atoms with Crippen LogP contribution in [-0.2, 0) is 4.74 Å². The largest absolute Gasteiger partial charge is 0.394 e. The highest BCUT2D eigenvalue weighted by atomic mass is 16.6. The molecule has 5 atom stereocenters. The zero-order chi connectivity index (χ0) is 16.1. The summed E-state index contributed by atoms with van der Waals surface area (Å²) in [5.41, 5.74) is 0.879. The SMILES string of the molecule is [2H]C(C=Cc1ccccc1)=N[C@H]1C(O)O[C@H](CO)[C@@H](O)[C@@H]1O. The van der Waals surface area contributed by atoms with E-state index >= 15 is 0 Å². The van der Waals surface area contributed by atoms with E-state index in [-0.39, 0.29) is 6.19 Å². The van der Waals surface area contributed by atoms with E-state index in [4.69, 9.17) is 11.2 Å². The van der Waals surface area contributed by atoms with E-state index in [2.05, 4.69) is 4.99 Å². The lowest BCUT2D eigenvalue weighted by Gasteiger charge is -2.38. The Morgan fingerprint density at radius 3 is 2.57 bits per heavy atom. The van der Waals surface area contributed by atoms with Crippen LogP contribution in [-0.4, -0.2) is 63.9 Å². The van der Waals surface area contributed by atoms with Crippen LogP contribution >= 0.6 is 0 Å². The molecule has 6 nitrogen and oxygen atoms in total. The first-order valence-electron chi connectivity index (χ1n) is 7.11. The highest BCUT2D eigenvalue weighted by Gasteiger charge is 2.43. The maximum absolute atomic E-state index is 9.93. The summed E-state index contributed by atoms with van der Waals surface area (Å²) < 4.78 is 12.7. The Kier molecular flexibility index (Phi) is 5.09. The smallest absolute Gasteiger partial charge is 0.180 e. The molecule has 21 heavy (non-hydrogen) atoms. The summed E-state index contributed by atoms with van der Waals surface area (Å²) in [6.07, 6.45) is -2.48. The number of nitrogens with zero attached hydrogens (tertiary/aromatic N) is 1. The van der Waals surface area contributed by atoms with Crippen molar-refractivity contribution in [1.29, 1.82) is 0 Å². The van der Waals surface area contributed by atoms with Gasteiger partial charge in [-0.25, -0.2) is 0 Å². The molecule has 0 aromatic heterocycles. The molecular formula is C15H19NO5. The molecule has 1 heterocycles. The van der Waals surface area contributed by atoms with Crippen molar-refractivity contribution < 1.29 is 26.5 Å². The third kappa shape index (κ3) is 3.96. The number of allylic oxidation sites excluding steroid dienone is 1. The fourth-order valence-corrected chi connectivity index (χ4v) is 2.05. The Morgan fingerprint density at radius 1 is 1.19 bits per heavy atom. The van der Waals surface area contributed by atoms with E-state index in [0.29, 0.717) is 0 Å². The molecule has 0 saturated carbocycles. The summed E-state index contributed by atoms with van der Waals surface area (Å²) in [6.45, 7) is -0.534. The second kappa shape index (κ2) is 7.44. The molecular weight excluding hydrogens is 274 g/mol. The number of hydrogen-bond donors (Lipinski definition) is 4. The average Bonchev–Trinajstić information content (AvgIpc) is 2.54. The van der Waals surface area contributed by atoms with Crippen LogP contribution < -0.4 is 0 Å². The first kappa shape index (κ1) is 14.4. The molecule has 114 valence electrons. The molecule has 0 radical (unpaired) electrons. The fraction of sp³-hybridized carbons (Fsp3) is 0.400. The van der Waals surface area contributed by atoms with Crippen molar-refractivity contribution >= 4 is 12.3 Å². The van der Waals surface area contributed by atoms with Crippen LogP contribution in [0.15, 0.2) is 41.4 Å². The second-order valence-electron chi connectivity index (χ2n) is 4.72. The second-order valence-corrected chi connectivity index (χ2v) is 4.72. The molecule has 0 aliphatic carbocycles. The molecule has 1 aromatic rings. The highest BCUT2D eigenvalue weighted by Crippen LogP contribution is 2.21. The van der Waals surface area contributed by atoms with Crippen molar-refractivity contribution in [3.8, 4) is 0 Å². The minimum absolute atomic E-state index is 0.176. The molecule has 4 N–H and O–H groups in total. The standard InChI is InChI=1S/C15H19NO5/c17-9-11-13(18)14(19)12(15(20)21-11)16-8-4-7-10-5-2-1-3-6-10/h1-8,11-15,17-20H,9H2/t11-,12-,13-,14-,15?/m1/s1/i8D. The van der Waals surface area contributed by atoms with Crippen LogP contribution in [0.2, 0.25) is 0 Å². The van der Waals surface area contributed by atoms with E-state index in [0.717, 1.165) is 5.56 Å². The van der Waals surface area contributed by atoms with Crippen molar-refractivity contribution in [2.45, 2.75) is 30.6 Å². The van der Waals surface area contributed by atoms with Gasteiger partial charge in [0.25, 0.3) is 0 Å². The maximum atomic E-state index is 9.93. The van der Waals surface area contributed by atoms with Gasteiger partial charge in [-0.1, -0.05) is 36.4 Å². The van der Waals surface area contributed by atoms with Crippen molar-refractivity contribution in [1.82, 2.24) is 0 Å². The van der Waals surface area contributed by atoms with Crippen LogP contribution in [0, 0.1) is 0 Å². The normalized spacial score (nSPS) is 35.0. The van der Waals surface area contributed by atoms with Gasteiger partial charge in [0.2, 0.25) is 0 Å². The predicted octanol–water partition coefficient (Wildman–Crippen LogP) is -0.430. The number of rotatable bonds is 4. The Hall–Kier alpha value is -1.57. The molecule has 1 saturated heterocycles. The minimum atomic E-state index is -1.50. The molecule has 0 amide bonds. The Bertz CT molecular complexity index is 536. The van der Waals surface area contributed by atoms with Gasteiger partial charge < -0.3 is 25.2 Å². The first-order chi connectivity index (χ1) is 10.5. The van der Waals surface area contributed by atoms with Crippen molar-refractivity contribution in [3.63, 3.8) is 0 Å². The van der Waals surface area contributed by atoms with Gasteiger partial charge in [-0.15, -0.1) is 0 Å². The Morgan fingerprint density at radius 2 is 1.90 bits per heavy atom. The molecule has 1 unspecified atom stereocenters.